The molecule has 0 bridgehead atoms. The zero-order valence-electron chi connectivity index (χ0n) is 13.2. The fourth-order valence-electron chi connectivity index (χ4n) is 2.14. The van der Waals surface area contributed by atoms with Crippen molar-refractivity contribution in [3.05, 3.63) is 69.5 Å². The van der Waals surface area contributed by atoms with E-state index in [1.165, 1.54) is 0 Å². The number of amides is 1. The number of nitrogens with one attached hydrogen (secondary N) is 1. The number of rotatable bonds is 7. The smallest absolute Gasteiger partial charge is 0.282 e. The summed E-state index contributed by atoms with van der Waals surface area (Å²) in [6.07, 6.45) is 5.61. The van der Waals surface area contributed by atoms with Crippen LogP contribution in [0, 0.1) is 28.3 Å². The van der Waals surface area contributed by atoms with Crippen molar-refractivity contribution in [2.24, 2.45) is 0 Å². The molecule has 2 rings (SSSR count). The van der Waals surface area contributed by atoms with Crippen LogP contribution in [-0.2, 0) is 6.42 Å². The highest BCUT2D eigenvalue weighted by Crippen LogP contribution is 2.19. The van der Waals surface area contributed by atoms with Crippen molar-refractivity contribution in [1.82, 2.24) is 5.32 Å². The second-order valence-electron chi connectivity index (χ2n) is 5.06. The van der Waals surface area contributed by atoms with Crippen LogP contribution in [0.15, 0.2) is 42.5 Å². The van der Waals surface area contributed by atoms with Crippen LogP contribution < -0.4 is 10.1 Å². The summed E-state index contributed by atoms with van der Waals surface area (Å²) in [4.78, 5) is 22.3. The molecule has 0 aliphatic rings. The summed E-state index contributed by atoms with van der Waals surface area (Å²) in [7, 11) is 0. The predicted octanol–water partition coefficient (Wildman–Crippen LogP) is 2.72. The second-order valence-corrected chi connectivity index (χ2v) is 5.06. The van der Waals surface area contributed by atoms with E-state index in [-0.39, 0.29) is 18.7 Å². The van der Waals surface area contributed by atoms with Crippen LogP contribution in [-0.4, -0.2) is 24.0 Å². The van der Waals surface area contributed by atoms with Gasteiger partial charge < -0.3 is 10.1 Å². The van der Waals surface area contributed by atoms with Gasteiger partial charge in [0.1, 0.15) is 23.7 Å². The molecular formula is C18H15FN2O4. The highest BCUT2D eigenvalue weighted by Gasteiger charge is 2.20. The number of carbonyl (C=O) groups is 1. The van der Waals surface area contributed by atoms with Gasteiger partial charge in [-0.1, -0.05) is 18.1 Å². The van der Waals surface area contributed by atoms with E-state index in [2.05, 4.69) is 11.2 Å². The minimum absolute atomic E-state index is 0.182. The van der Waals surface area contributed by atoms with E-state index in [4.69, 9.17) is 11.2 Å². The van der Waals surface area contributed by atoms with Gasteiger partial charge in [-0.05, 0) is 36.2 Å². The Morgan fingerprint density at radius 1 is 1.28 bits per heavy atom. The number of halogens is 1. The monoisotopic (exact) mass is 342 g/mol. The van der Waals surface area contributed by atoms with E-state index in [0.29, 0.717) is 12.2 Å². The highest BCUT2D eigenvalue weighted by molar-refractivity contribution is 5.98. The van der Waals surface area contributed by atoms with E-state index in [9.17, 15) is 19.3 Å². The third-order valence-electron chi connectivity index (χ3n) is 3.34. The minimum Gasteiger partial charge on any atom is -0.481 e. The Hall–Kier alpha value is -3.40. The number of terminal acetylenes is 1. The van der Waals surface area contributed by atoms with Crippen molar-refractivity contribution in [3.63, 3.8) is 0 Å². The first-order valence-electron chi connectivity index (χ1n) is 7.38. The molecule has 0 unspecified atom stereocenters. The zero-order chi connectivity index (χ0) is 18.2. The molecule has 0 aromatic heterocycles. The van der Waals surface area contributed by atoms with Crippen molar-refractivity contribution in [3.8, 4) is 18.1 Å². The fraction of sp³-hybridized carbons (Fsp3) is 0.167. The molecule has 0 heterocycles. The molecule has 0 radical (unpaired) electrons. The topological polar surface area (TPSA) is 81.5 Å². The Bertz CT molecular complexity index is 813. The maximum atomic E-state index is 13.3. The van der Waals surface area contributed by atoms with Crippen LogP contribution in [0.25, 0.3) is 0 Å². The molecule has 0 spiro atoms. The predicted molar refractivity (Wildman–Crippen MR) is 89.9 cm³/mol. The number of nitro benzene ring substituents is 1. The Morgan fingerprint density at radius 3 is 2.64 bits per heavy atom. The number of carbonyl (C=O) groups excluding carboxylic acids is 1. The molecule has 1 N–H and O–H groups in total. The minimum atomic E-state index is -0.719. The summed E-state index contributed by atoms with van der Waals surface area (Å²) >= 11 is 0. The number of nitrogens with zero attached hydrogens (tertiary/aromatic N) is 1. The first-order valence-corrected chi connectivity index (χ1v) is 7.38. The molecule has 2 aromatic rings. The van der Waals surface area contributed by atoms with Crippen molar-refractivity contribution < 1.29 is 18.8 Å². The van der Waals surface area contributed by atoms with E-state index < -0.39 is 22.3 Å². The van der Waals surface area contributed by atoms with Crippen molar-refractivity contribution in [2.45, 2.75) is 6.42 Å². The molecule has 25 heavy (non-hydrogen) atoms. The quantitative estimate of drug-likeness (QED) is 0.476. The summed E-state index contributed by atoms with van der Waals surface area (Å²) in [6, 6.07) is 9.92. The largest absolute Gasteiger partial charge is 0.481 e. The van der Waals surface area contributed by atoms with E-state index >= 15 is 0 Å². The highest BCUT2D eigenvalue weighted by atomic mass is 19.1. The van der Waals surface area contributed by atoms with Gasteiger partial charge in [-0.15, -0.1) is 6.42 Å². The summed E-state index contributed by atoms with van der Waals surface area (Å²) in [5, 5.41) is 13.5. The first-order chi connectivity index (χ1) is 12.0. The van der Waals surface area contributed by atoms with Crippen LogP contribution in [0.3, 0.4) is 0 Å². The van der Waals surface area contributed by atoms with E-state index in [0.717, 1.165) is 23.8 Å². The molecular weight excluding hydrogens is 327 g/mol. The number of benzene rings is 2. The lowest BCUT2D eigenvalue weighted by Crippen LogP contribution is -2.26. The van der Waals surface area contributed by atoms with Crippen LogP contribution in [0.4, 0.5) is 10.1 Å². The van der Waals surface area contributed by atoms with Crippen LogP contribution >= 0.6 is 0 Å². The Kier molecular flexibility index (Phi) is 6.07. The average molecular weight is 342 g/mol. The maximum absolute atomic E-state index is 13.3. The molecule has 128 valence electrons. The lowest BCUT2D eigenvalue weighted by atomic mass is 10.1. The van der Waals surface area contributed by atoms with Crippen LogP contribution in [0.5, 0.6) is 5.75 Å². The average Bonchev–Trinajstić information content (AvgIpc) is 2.60. The van der Waals surface area contributed by atoms with Gasteiger partial charge in [0.15, 0.2) is 0 Å². The molecule has 2 aromatic carbocycles. The van der Waals surface area contributed by atoms with Gasteiger partial charge in [-0.25, -0.2) is 4.39 Å². The molecule has 0 aliphatic carbocycles. The number of hydrogen-bond donors (Lipinski definition) is 1. The maximum Gasteiger partial charge on any atom is 0.282 e. The van der Waals surface area contributed by atoms with Gasteiger partial charge in [-0.2, -0.15) is 0 Å². The van der Waals surface area contributed by atoms with Gasteiger partial charge in [0.05, 0.1) is 4.92 Å². The summed E-state index contributed by atoms with van der Waals surface area (Å²) in [6.45, 7) is 0.429. The Balaban J connectivity index is 1.94. The molecule has 0 atom stereocenters. The molecule has 1 amide bonds. The van der Waals surface area contributed by atoms with Gasteiger partial charge in [0.25, 0.3) is 11.6 Å². The van der Waals surface area contributed by atoms with Gasteiger partial charge in [0.2, 0.25) is 0 Å². The third-order valence-corrected chi connectivity index (χ3v) is 3.34. The number of nitro groups is 1. The van der Waals surface area contributed by atoms with Crippen molar-refractivity contribution in [1.29, 1.82) is 0 Å². The Labute approximate surface area is 143 Å². The zero-order valence-corrected chi connectivity index (χ0v) is 13.2. The van der Waals surface area contributed by atoms with Crippen LogP contribution in [0.2, 0.25) is 0 Å². The van der Waals surface area contributed by atoms with Gasteiger partial charge in [0, 0.05) is 12.6 Å². The molecule has 7 heteroatoms. The lowest BCUT2D eigenvalue weighted by molar-refractivity contribution is -0.385. The number of hydrogen-bond acceptors (Lipinski definition) is 4. The first kappa shape index (κ1) is 17.9. The Morgan fingerprint density at radius 2 is 2.00 bits per heavy atom. The summed E-state index contributed by atoms with van der Waals surface area (Å²) < 4.78 is 18.5. The summed E-state index contributed by atoms with van der Waals surface area (Å²) in [5.74, 6) is 1.60. The molecule has 6 nitrogen and oxygen atoms in total. The van der Waals surface area contributed by atoms with Gasteiger partial charge in [-0.3, -0.25) is 14.9 Å². The fourth-order valence-corrected chi connectivity index (χ4v) is 2.14. The lowest BCUT2D eigenvalue weighted by Gasteiger charge is -2.07. The van der Waals surface area contributed by atoms with Gasteiger partial charge >= 0.3 is 0 Å². The molecule has 0 aliphatic heterocycles. The van der Waals surface area contributed by atoms with Crippen molar-refractivity contribution in [2.75, 3.05) is 13.2 Å². The standard InChI is InChI=1S/C18H15FN2O4/c1-2-11-25-15-6-3-13(4-7-15)9-10-20-18(22)16-12-14(19)5-8-17(16)21(23)24/h1,3-8,12H,9-11H2,(H,20,22). The third kappa shape index (κ3) is 5.04. The summed E-state index contributed by atoms with van der Waals surface area (Å²) in [5.41, 5.74) is 0.194. The van der Waals surface area contributed by atoms with E-state index in [1.54, 1.807) is 12.1 Å². The molecule has 0 saturated heterocycles. The second kappa shape index (κ2) is 8.45. The number of ether oxygens (including phenoxy) is 1. The van der Waals surface area contributed by atoms with E-state index in [1.807, 2.05) is 12.1 Å². The SMILES string of the molecule is C#CCOc1ccc(CCNC(=O)c2cc(F)ccc2[N+](=O)[O-])cc1. The molecule has 0 fully saturated rings. The van der Waals surface area contributed by atoms with Crippen LogP contribution in [0.1, 0.15) is 15.9 Å². The molecule has 0 saturated carbocycles. The normalized spacial score (nSPS) is 9.92. The van der Waals surface area contributed by atoms with Crippen molar-refractivity contribution >= 4 is 11.6 Å².